The molecule has 0 spiro atoms. The molecule has 1 aromatic carbocycles. The van der Waals surface area contributed by atoms with Crippen LogP contribution < -0.4 is 10.7 Å². The number of hydrogen-bond acceptors (Lipinski definition) is 3. The molecule has 0 radical (unpaired) electrons. The highest BCUT2D eigenvalue weighted by molar-refractivity contribution is 5.86. The number of hydrogen-bond donors (Lipinski definition) is 3. The van der Waals surface area contributed by atoms with E-state index in [-0.39, 0.29) is 0 Å². The first-order valence-electron chi connectivity index (χ1n) is 7.15. The minimum absolute atomic E-state index is 0.495. The molecule has 1 aliphatic heterocycles. The number of hydrazine groups is 1. The van der Waals surface area contributed by atoms with Gasteiger partial charge < -0.3 is 10.4 Å². The lowest BCUT2D eigenvalue weighted by molar-refractivity contribution is -0.144. The minimum atomic E-state index is -1.46. The number of carboxylic acids is 1. The van der Waals surface area contributed by atoms with Crippen LogP contribution in [0.2, 0.25) is 0 Å². The van der Waals surface area contributed by atoms with E-state index in [0.717, 1.165) is 32.4 Å². The van der Waals surface area contributed by atoms with Crippen molar-refractivity contribution in [2.24, 2.45) is 0 Å². The first kappa shape index (κ1) is 15.3. The molecule has 1 atom stereocenters. The number of urea groups is 1. The summed E-state index contributed by atoms with van der Waals surface area (Å²) in [5.41, 5.74) is 1.80. The Morgan fingerprint density at radius 2 is 1.76 bits per heavy atom. The number of nitrogens with one attached hydrogen (secondary N) is 2. The summed E-state index contributed by atoms with van der Waals surface area (Å²) in [6, 6.07) is 8.19. The summed E-state index contributed by atoms with van der Waals surface area (Å²) in [7, 11) is 0. The molecule has 2 rings (SSSR count). The number of rotatable bonds is 4. The van der Waals surface area contributed by atoms with Gasteiger partial charge in [0.25, 0.3) is 0 Å². The number of nitrogens with zero attached hydrogens (tertiary/aromatic N) is 1. The Bertz CT molecular complexity index is 500. The van der Waals surface area contributed by atoms with Crippen LogP contribution in [0.15, 0.2) is 30.3 Å². The van der Waals surface area contributed by atoms with E-state index in [4.69, 9.17) is 0 Å². The predicted molar refractivity (Wildman–Crippen MR) is 78.5 cm³/mol. The van der Waals surface area contributed by atoms with Crippen LogP contribution >= 0.6 is 0 Å². The molecule has 0 aliphatic carbocycles. The number of carbonyl (C=O) groups is 2. The Balaban J connectivity index is 2.05. The Kier molecular flexibility index (Phi) is 4.80. The van der Waals surface area contributed by atoms with Crippen molar-refractivity contribution in [3.8, 4) is 0 Å². The summed E-state index contributed by atoms with van der Waals surface area (Å²) in [5, 5.41) is 13.9. The fraction of sp³-hybridized carbons (Fsp3) is 0.467. The fourth-order valence-electron chi connectivity index (χ4n) is 2.42. The Labute approximate surface area is 124 Å². The molecule has 1 saturated heterocycles. The van der Waals surface area contributed by atoms with E-state index in [0.29, 0.717) is 5.56 Å². The zero-order valence-electron chi connectivity index (χ0n) is 12.1. The van der Waals surface area contributed by atoms with Gasteiger partial charge in [-0.25, -0.2) is 14.6 Å². The molecule has 1 aromatic rings. The molecule has 3 N–H and O–H groups in total. The standard InChI is InChI=1S/C15H21N3O3/c1-15(13(19)20,12-8-4-2-5-9-12)16-14(21)17-18-10-6-3-7-11-18/h2,4-5,8-9H,3,6-7,10-11H2,1H3,(H,19,20)(H2,16,17,21). The van der Waals surface area contributed by atoms with E-state index in [1.165, 1.54) is 6.92 Å². The fourth-order valence-corrected chi connectivity index (χ4v) is 2.42. The topological polar surface area (TPSA) is 81.7 Å². The molecule has 1 unspecified atom stereocenters. The monoisotopic (exact) mass is 291 g/mol. The summed E-state index contributed by atoms with van der Waals surface area (Å²) in [6.45, 7) is 3.07. The summed E-state index contributed by atoms with van der Waals surface area (Å²) in [5.74, 6) is -1.09. The van der Waals surface area contributed by atoms with E-state index in [9.17, 15) is 14.7 Å². The van der Waals surface area contributed by atoms with Crippen molar-refractivity contribution in [1.29, 1.82) is 0 Å². The molecule has 0 bridgehead atoms. The summed E-state index contributed by atoms with van der Waals surface area (Å²) < 4.78 is 0. The zero-order valence-corrected chi connectivity index (χ0v) is 12.1. The highest BCUT2D eigenvalue weighted by Crippen LogP contribution is 2.20. The van der Waals surface area contributed by atoms with Crippen LogP contribution in [-0.4, -0.2) is 35.2 Å². The van der Waals surface area contributed by atoms with Gasteiger partial charge in [0.1, 0.15) is 0 Å². The van der Waals surface area contributed by atoms with E-state index < -0.39 is 17.5 Å². The number of aliphatic carboxylic acids is 1. The molecule has 6 nitrogen and oxygen atoms in total. The second kappa shape index (κ2) is 6.58. The van der Waals surface area contributed by atoms with Crippen LogP contribution in [-0.2, 0) is 10.3 Å². The number of carboxylic acid groups (broad SMARTS) is 1. The van der Waals surface area contributed by atoms with Crippen molar-refractivity contribution in [3.05, 3.63) is 35.9 Å². The van der Waals surface area contributed by atoms with E-state index in [1.54, 1.807) is 30.3 Å². The van der Waals surface area contributed by atoms with Crippen molar-refractivity contribution < 1.29 is 14.7 Å². The second-order valence-electron chi connectivity index (χ2n) is 5.41. The van der Waals surface area contributed by atoms with Gasteiger partial charge >= 0.3 is 12.0 Å². The van der Waals surface area contributed by atoms with Gasteiger partial charge in [0.2, 0.25) is 0 Å². The number of carbonyl (C=O) groups excluding carboxylic acids is 1. The lowest BCUT2D eigenvalue weighted by Crippen LogP contribution is -2.57. The first-order chi connectivity index (χ1) is 10.0. The third-order valence-electron chi connectivity index (χ3n) is 3.76. The van der Waals surface area contributed by atoms with Gasteiger partial charge in [-0.05, 0) is 25.3 Å². The second-order valence-corrected chi connectivity index (χ2v) is 5.41. The summed E-state index contributed by atoms with van der Waals surface area (Å²) >= 11 is 0. The van der Waals surface area contributed by atoms with E-state index in [1.807, 2.05) is 5.01 Å². The molecule has 1 heterocycles. The van der Waals surface area contributed by atoms with E-state index >= 15 is 0 Å². The lowest BCUT2D eigenvalue weighted by Gasteiger charge is -2.31. The van der Waals surface area contributed by atoms with Gasteiger partial charge in [-0.1, -0.05) is 36.8 Å². The minimum Gasteiger partial charge on any atom is -0.479 e. The molecule has 6 heteroatoms. The predicted octanol–water partition coefficient (Wildman–Crippen LogP) is 1.69. The average Bonchev–Trinajstić information content (AvgIpc) is 2.48. The van der Waals surface area contributed by atoms with Gasteiger partial charge in [-0.3, -0.25) is 5.43 Å². The lowest BCUT2D eigenvalue weighted by atomic mass is 9.92. The SMILES string of the molecule is CC(NC(=O)NN1CCCCC1)(C(=O)O)c1ccccc1. The van der Waals surface area contributed by atoms with Crippen molar-refractivity contribution in [2.75, 3.05) is 13.1 Å². The maximum absolute atomic E-state index is 12.1. The third-order valence-corrected chi connectivity index (χ3v) is 3.76. The highest BCUT2D eigenvalue weighted by Gasteiger charge is 2.37. The number of benzene rings is 1. The van der Waals surface area contributed by atoms with Crippen LogP contribution in [0.5, 0.6) is 0 Å². The summed E-state index contributed by atoms with van der Waals surface area (Å²) in [6.07, 6.45) is 3.24. The molecule has 21 heavy (non-hydrogen) atoms. The average molecular weight is 291 g/mol. The first-order valence-corrected chi connectivity index (χ1v) is 7.15. The van der Waals surface area contributed by atoms with Crippen molar-refractivity contribution >= 4 is 12.0 Å². The Morgan fingerprint density at radius 1 is 1.14 bits per heavy atom. The molecule has 2 amide bonds. The van der Waals surface area contributed by atoms with Crippen molar-refractivity contribution in [3.63, 3.8) is 0 Å². The quantitative estimate of drug-likeness (QED) is 0.788. The van der Waals surface area contributed by atoms with Crippen LogP contribution in [0.1, 0.15) is 31.7 Å². The van der Waals surface area contributed by atoms with Gasteiger partial charge in [0.15, 0.2) is 5.54 Å². The molecular weight excluding hydrogens is 270 g/mol. The Hall–Kier alpha value is -2.08. The molecule has 1 fully saturated rings. The third kappa shape index (κ3) is 3.72. The molecule has 0 saturated carbocycles. The van der Waals surface area contributed by atoms with Gasteiger partial charge in [0, 0.05) is 13.1 Å². The van der Waals surface area contributed by atoms with E-state index in [2.05, 4.69) is 10.7 Å². The molecule has 1 aliphatic rings. The highest BCUT2D eigenvalue weighted by atomic mass is 16.4. The maximum Gasteiger partial charge on any atom is 0.333 e. The van der Waals surface area contributed by atoms with Crippen LogP contribution in [0, 0.1) is 0 Å². The zero-order chi connectivity index (χ0) is 15.3. The number of piperidine rings is 1. The Morgan fingerprint density at radius 3 is 2.33 bits per heavy atom. The number of amides is 2. The van der Waals surface area contributed by atoms with Crippen molar-refractivity contribution in [2.45, 2.75) is 31.7 Å². The van der Waals surface area contributed by atoms with Gasteiger partial charge in [-0.15, -0.1) is 0 Å². The maximum atomic E-state index is 12.1. The van der Waals surface area contributed by atoms with Gasteiger partial charge in [-0.2, -0.15) is 0 Å². The molecular formula is C15H21N3O3. The van der Waals surface area contributed by atoms with Crippen LogP contribution in [0.4, 0.5) is 4.79 Å². The van der Waals surface area contributed by atoms with Crippen LogP contribution in [0.3, 0.4) is 0 Å². The smallest absolute Gasteiger partial charge is 0.333 e. The summed E-state index contributed by atoms with van der Waals surface area (Å²) in [4.78, 5) is 23.7. The largest absolute Gasteiger partial charge is 0.479 e. The van der Waals surface area contributed by atoms with Gasteiger partial charge in [0.05, 0.1) is 0 Å². The normalized spacial score (nSPS) is 18.5. The molecule has 114 valence electrons. The van der Waals surface area contributed by atoms with Crippen LogP contribution in [0.25, 0.3) is 0 Å². The van der Waals surface area contributed by atoms with Crippen molar-refractivity contribution in [1.82, 2.24) is 15.8 Å². The molecule has 0 aromatic heterocycles.